The third-order valence-corrected chi connectivity index (χ3v) is 4.33. The van der Waals surface area contributed by atoms with E-state index in [1.807, 2.05) is 0 Å². The van der Waals surface area contributed by atoms with E-state index in [0.29, 0.717) is 30.3 Å². The summed E-state index contributed by atoms with van der Waals surface area (Å²) in [7, 11) is 1.53. The molecule has 2 aromatic rings. The lowest BCUT2D eigenvalue weighted by Crippen LogP contribution is -2.33. The molecule has 0 aliphatic carbocycles. The van der Waals surface area contributed by atoms with Gasteiger partial charge in [0.05, 0.1) is 31.2 Å². The van der Waals surface area contributed by atoms with Crippen LogP contribution in [0.1, 0.15) is 25.3 Å². The average Bonchev–Trinajstić information content (AvgIpc) is 3.13. The molecule has 1 fully saturated rings. The minimum absolute atomic E-state index is 0.0265. The number of aromatic hydroxyl groups is 1. The highest BCUT2D eigenvalue weighted by atomic mass is 16.5. The number of ether oxygens (including phenoxy) is 2. The van der Waals surface area contributed by atoms with E-state index in [1.54, 1.807) is 31.2 Å². The van der Waals surface area contributed by atoms with Crippen LogP contribution in [0.25, 0.3) is 5.69 Å². The summed E-state index contributed by atoms with van der Waals surface area (Å²) in [4.78, 5) is 31.0. The van der Waals surface area contributed by atoms with Gasteiger partial charge in [-0.1, -0.05) is 0 Å². The van der Waals surface area contributed by atoms with Crippen LogP contribution < -0.4 is 16.0 Å². The first kappa shape index (κ1) is 17.9. The number of nitrogens with zero attached hydrogens (tertiary/aromatic N) is 2. The molecule has 1 aromatic heterocycles. The number of H-pyrrole nitrogens is 1. The number of hydrogen-bond acceptors (Lipinski definition) is 6. The molecule has 1 aromatic carbocycles. The highest BCUT2D eigenvalue weighted by Crippen LogP contribution is 2.20. The van der Waals surface area contributed by atoms with Crippen LogP contribution >= 0.6 is 0 Å². The summed E-state index contributed by atoms with van der Waals surface area (Å²) in [5.41, 5.74) is -0.683. The van der Waals surface area contributed by atoms with Gasteiger partial charge in [0.2, 0.25) is 5.88 Å². The lowest BCUT2D eigenvalue weighted by Gasteiger charge is -2.12. The van der Waals surface area contributed by atoms with Gasteiger partial charge < -0.3 is 14.6 Å². The Labute approximate surface area is 149 Å². The maximum Gasteiger partial charge on any atom is 0.335 e. The van der Waals surface area contributed by atoms with Gasteiger partial charge in [-0.05, 0) is 44.0 Å². The largest absolute Gasteiger partial charge is 0.497 e. The standard InChI is InChI=1S/C18H21N3O5/c1-11(19-10-14-4-3-9-26-14)15-16(22)20-18(24)21(17(15)23)12-5-7-13(25-2)8-6-12/h5-8,14,23H,3-4,9-10H2,1-2H3,(H,20,22,24). The minimum Gasteiger partial charge on any atom is -0.497 e. The Morgan fingerprint density at radius 2 is 2.12 bits per heavy atom. The molecule has 0 spiro atoms. The quantitative estimate of drug-likeness (QED) is 0.781. The van der Waals surface area contributed by atoms with Gasteiger partial charge in [-0.25, -0.2) is 9.36 Å². The van der Waals surface area contributed by atoms with Gasteiger partial charge in [0.25, 0.3) is 5.56 Å². The second kappa shape index (κ2) is 7.57. The van der Waals surface area contributed by atoms with Crippen molar-refractivity contribution in [1.29, 1.82) is 0 Å². The van der Waals surface area contributed by atoms with Gasteiger partial charge >= 0.3 is 5.69 Å². The van der Waals surface area contributed by atoms with Crippen molar-refractivity contribution in [2.75, 3.05) is 20.3 Å². The summed E-state index contributed by atoms with van der Waals surface area (Å²) in [6.07, 6.45) is 1.94. The van der Waals surface area contributed by atoms with Gasteiger partial charge in [0.15, 0.2) is 0 Å². The van der Waals surface area contributed by atoms with E-state index >= 15 is 0 Å². The van der Waals surface area contributed by atoms with Crippen LogP contribution in [0.2, 0.25) is 0 Å². The number of aliphatic imine (C=N–C) groups is 1. The molecule has 8 nitrogen and oxygen atoms in total. The van der Waals surface area contributed by atoms with E-state index in [2.05, 4.69) is 9.98 Å². The van der Waals surface area contributed by atoms with Crippen molar-refractivity contribution in [3.63, 3.8) is 0 Å². The first-order chi connectivity index (χ1) is 12.5. The van der Waals surface area contributed by atoms with E-state index in [-0.39, 0.29) is 11.7 Å². The SMILES string of the molecule is COc1ccc(-n2c(O)c(C(C)=NCC3CCCO3)c(=O)[nH]c2=O)cc1. The summed E-state index contributed by atoms with van der Waals surface area (Å²) in [5, 5.41) is 10.6. The molecule has 26 heavy (non-hydrogen) atoms. The second-order valence-electron chi connectivity index (χ2n) is 6.05. The Morgan fingerprint density at radius 3 is 2.73 bits per heavy atom. The summed E-state index contributed by atoms with van der Waals surface area (Å²) in [6, 6.07) is 6.54. The van der Waals surface area contributed by atoms with E-state index in [4.69, 9.17) is 9.47 Å². The predicted molar refractivity (Wildman–Crippen MR) is 96.9 cm³/mol. The average molecular weight is 359 g/mol. The predicted octanol–water partition coefficient (Wildman–Crippen LogP) is 1.23. The molecule has 0 radical (unpaired) electrons. The Morgan fingerprint density at radius 1 is 1.38 bits per heavy atom. The molecule has 2 N–H and O–H groups in total. The Kier molecular flexibility index (Phi) is 5.22. The first-order valence-electron chi connectivity index (χ1n) is 8.37. The number of aromatic amines is 1. The molecule has 1 aliphatic heterocycles. The number of methoxy groups -OCH3 is 1. The van der Waals surface area contributed by atoms with Gasteiger partial charge in [-0.2, -0.15) is 0 Å². The minimum atomic E-state index is -0.728. The summed E-state index contributed by atoms with van der Waals surface area (Å²) in [6.45, 7) is 2.75. The summed E-state index contributed by atoms with van der Waals surface area (Å²) >= 11 is 0. The van der Waals surface area contributed by atoms with Crippen molar-refractivity contribution < 1.29 is 14.6 Å². The third kappa shape index (κ3) is 3.55. The van der Waals surface area contributed by atoms with Crippen molar-refractivity contribution in [1.82, 2.24) is 9.55 Å². The molecule has 1 atom stereocenters. The smallest absolute Gasteiger partial charge is 0.335 e. The Balaban J connectivity index is 2.01. The van der Waals surface area contributed by atoms with Crippen LogP contribution in [-0.2, 0) is 4.74 Å². The molecule has 8 heteroatoms. The maximum atomic E-state index is 12.2. The number of rotatable bonds is 5. The zero-order valence-corrected chi connectivity index (χ0v) is 14.7. The Hall–Kier alpha value is -2.87. The van der Waals surface area contributed by atoms with Crippen molar-refractivity contribution >= 4 is 5.71 Å². The van der Waals surface area contributed by atoms with Crippen molar-refractivity contribution in [2.45, 2.75) is 25.9 Å². The van der Waals surface area contributed by atoms with Crippen LogP contribution in [-0.4, -0.2) is 46.7 Å². The van der Waals surface area contributed by atoms with E-state index in [1.165, 1.54) is 7.11 Å². The molecule has 1 saturated heterocycles. The summed E-state index contributed by atoms with van der Waals surface area (Å²) in [5.74, 6) is 0.165. The fraction of sp³-hybridized carbons (Fsp3) is 0.389. The zero-order valence-electron chi connectivity index (χ0n) is 14.7. The highest BCUT2D eigenvalue weighted by molar-refractivity contribution is 6.00. The van der Waals surface area contributed by atoms with Crippen molar-refractivity contribution in [2.24, 2.45) is 4.99 Å². The van der Waals surface area contributed by atoms with E-state index in [0.717, 1.165) is 17.4 Å². The summed E-state index contributed by atoms with van der Waals surface area (Å²) < 4.78 is 11.6. The van der Waals surface area contributed by atoms with Crippen LogP contribution in [0, 0.1) is 0 Å². The topological polar surface area (TPSA) is 106 Å². The molecule has 138 valence electrons. The lowest BCUT2D eigenvalue weighted by molar-refractivity contribution is 0.118. The van der Waals surface area contributed by atoms with Gasteiger partial charge in [0.1, 0.15) is 11.3 Å². The fourth-order valence-corrected chi connectivity index (χ4v) is 2.93. The van der Waals surface area contributed by atoms with Crippen LogP contribution in [0.3, 0.4) is 0 Å². The van der Waals surface area contributed by atoms with Crippen molar-refractivity contribution in [3.05, 3.63) is 50.7 Å². The molecule has 2 heterocycles. The third-order valence-electron chi connectivity index (χ3n) is 4.33. The molecule has 0 bridgehead atoms. The number of hydrogen-bond donors (Lipinski definition) is 2. The zero-order chi connectivity index (χ0) is 18.7. The number of aromatic nitrogens is 2. The second-order valence-corrected chi connectivity index (χ2v) is 6.05. The Bertz CT molecular complexity index is 921. The van der Waals surface area contributed by atoms with Crippen LogP contribution in [0.15, 0.2) is 38.8 Å². The number of nitrogens with one attached hydrogen (secondary N) is 1. The van der Waals surface area contributed by atoms with Crippen LogP contribution in [0.4, 0.5) is 0 Å². The molecule has 0 amide bonds. The van der Waals surface area contributed by atoms with E-state index < -0.39 is 17.1 Å². The van der Waals surface area contributed by atoms with Crippen molar-refractivity contribution in [3.8, 4) is 17.3 Å². The first-order valence-corrected chi connectivity index (χ1v) is 8.37. The molecular weight excluding hydrogens is 338 g/mol. The van der Waals surface area contributed by atoms with Gasteiger partial charge in [-0.15, -0.1) is 0 Å². The monoisotopic (exact) mass is 359 g/mol. The number of benzene rings is 1. The molecular formula is C18H21N3O5. The van der Waals surface area contributed by atoms with E-state index in [9.17, 15) is 14.7 Å². The lowest BCUT2D eigenvalue weighted by atomic mass is 10.2. The molecule has 3 rings (SSSR count). The van der Waals surface area contributed by atoms with Crippen LogP contribution in [0.5, 0.6) is 11.6 Å². The van der Waals surface area contributed by atoms with Gasteiger partial charge in [-0.3, -0.25) is 14.8 Å². The normalized spacial score (nSPS) is 17.5. The molecule has 1 unspecified atom stereocenters. The molecule has 0 saturated carbocycles. The molecule has 1 aliphatic rings. The van der Waals surface area contributed by atoms with Gasteiger partial charge in [0, 0.05) is 6.61 Å². The fourth-order valence-electron chi connectivity index (χ4n) is 2.93. The maximum absolute atomic E-state index is 12.2. The highest BCUT2D eigenvalue weighted by Gasteiger charge is 2.19.